The SMILES string of the molecule is Cl.O=C(Cc1ccc(Cl)c(Cl)c1)NC(CCN1CCC2(CC1)CCN(Cc1ccc(Br)cc1)C2=O)c1ccccc1. The lowest BCUT2D eigenvalue weighted by atomic mass is 9.77. The predicted octanol–water partition coefficient (Wildman–Crippen LogP) is 7.48. The summed E-state index contributed by atoms with van der Waals surface area (Å²) in [7, 11) is 0. The van der Waals surface area contributed by atoms with Crippen molar-refractivity contribution in [1.29, 1.82) is 0 Å². The summed E-state index contributed by atoms with van der Waals surface area (Å²) in [6, 6.07) is 23.5. The molecule has 1 spiro atoms. The van der Waals surface area contributed by atoms with Gasteiger partial charge in [0.15, 0.2) is 0 Å². The number of halogens is 4. The zero-order chi connectivity index (χ0) is 28.1. The average Bonchev–Trinajstić information content (AvgIpc) is 3.25. The van der Waals surface area contributed by atoms with Gasteiger partial charge in [-0.15, -0.1) is 12.4 Å². The van der Waals surface area contributed by atoms with Gasteiger partial charge in [0, 0.05) is 24.1 Å². The Morgan fingerprint density at radius 2 is 1.56 bits per heavy atom. The number of nitrogens with zero attached hydrogens (tertiary/aromatic N) is 2. The van der Waals surface area contributed by atoms with Gasteiger partial charge in [-0.3, -0.25) is 9.59 Å². The molecule has 41 heavy (non-hydrogen) atoms. The van der Waals surface area contributed by atoms with Crippen LogP contribution in [0.5, 0.6) is 0 Å². The minimum absolute atomic E-state index is 0. The normalized spacial score (nSPS) is 17.3. The molecule has 218 valence electrons. The van der Waals surface area contributed by atoms with Crippen LogP contribution in [0.3, 0.4) is 0 Å². The van der Waals surface area contributed by atoms with Crippen molar-refractivity contribution in [3.05, 3.63) is 104 Å². The number of carbonyl (C=O) groups excluding carboxylic acids is 2. The maximum Gasteiger partial charge on any atom is 0.229 e. The summed E-state index contributed by atoms with van der Waals surface area (Å²) in [5.74, 6) is 0.263. The molecule has 2 aliphatic heterocycles. The van der Waals surface area contributed by atoms with Gasteiger partial charge in [0.25, 0.3) is 0 Å². The minimum atomic E-state index is -0.223. The first kappa shape index (κ1) is 31.8. The third-order valence-corrected chi connectivity index (χ3v) is 9.59. The molecule has 1 atom stereocenters. The Bertz CT molecular complexity index is 1330. The van der Waals surface area contributed by atoms with E-state index in [4.69, 9.17) is 23.2 Å². The first-order valence-corrected chi connectivity index (χ1v) is 15.4. The van der Waals surface area contributed by atoms with Crippen LogP contribution in [0.25, 0.3) is 0 Å². The maximum absolute atomic E-state index is 13.5. The summed E-state index contributed by atoms with van der Waals surface area (Å²) < 4.78 is 1.05. The van der Waals surface area contributed by atoms with Gasteiger partial charge in [0.2, 0.25) is 11.8 Å². The van der Waals surface area contributed by atoms with Crippen LogP contribution in [0.15, 0.2) is 77.3 Å². The van der Waals surface area contributed by atoms with Gasteiger partial charge in [0.1, 0.15) is 0 Å². The summed E-state index contributed by atoms with van der Waals surface area (Å²) in [6.07, 6.45) is 3.76. The summed E-state index contributed by atoms with van der Waals surface area (Å²) >= 11 is 15.7. The zero-order valence-electron chi connectivity index (χ0n) is 22.8. The molecule has 1 N–H and O–H groups in total. The Morgan fingerprint density at radius 3 is 2.24 bits per heavy atom. The topological polar surface area (TPSA) is 52.7 Å². The molecule has 2 saturated heterocycles. The van der Waals surface area contributed by atoms with E-state index in [1.807, 2.05) is 41.3 Å². The maximum atomic E-state index is 13.5. The summed E-state index contributed by atoms with van der Waals surface area (Å²) in [5, 5.41) is 4.17. The number of nitrogens with one attached hydrogen (secondary N) is 1. The van der Waals surface area contributed by atoms with Gasteiger partial charge in [-0.05, 0) is 79.7 Å². The van der Waals surface area contributed by atoms with Crippen LogP contribution >= 0.6 is 51.5 Å². The smallest absolute Gasteiger partial charge is 0.229 e. The lowest BCUT2D eigenvalue weighted by molar-refractivity contribution is -0.139. The lowest BCUT2D eigenvalue weighted by Gasteiger charge is -2.38. The third kappa shape index (κ3) is 8.05. The summed E-state index contributed by atoms with van der Waals surface area (Å²) in [4.78, 5) is 30.9. The van der Waals surface area contributed by atoms with E-state index in [9.17, 15) is 9.59 Å². The van der Waals surface area contributed by atoms with Gasteiger partial charge < -0.3 is 15.1 Å². The molecule has 2 aliphatic rings. The predicted molar refractivity (Wildman–Crippen MR) is 172 cm³/mol. The Hall–Kier alpha value is -2.09. The van der Waals surface area contributed by atoms with Crippen molar-refractivity contribution in [3.8, 4) is 0 Å². The fourth-order valence-corrected chi connectivity index (χ4v) is 6.51. The van der Waals surface area contributed by atoms with E-state index in [1.54, 1.807) is 12.1 Å². The highest BCUT2D eigenvalue weighted by atomic mass is 79.9. The zero-order valence-corrected chi connectivity index (χ0v) is 26.7. The van der Waals surface area contributed by atoms with E-state index in [0.29, 0.717) is 22.5 Å². The molecule has 0 radical (unpaired) electrons. The fraction of sp³-hybridized carbons (Fsp3) is 0.375. The molecule has 0 saturated carbocycles. The van der Waals surface area contributed by atoms with E-state index in [2.05, 4.69) is 50.4 Å². The highest BCUT2D eigenvalue weighted by molar-refractivity contribution is 9.10. The number of amides is 2. The number of hydrogen-bond acceptors (Lipinski definition) is 3. The number of carbonyl (C=O) groups is 2. The Morgan fingerprint density at radius 1 is 0.902 bits per heavy atom. The number of likely N-dealkylation sites (tertiary alicyclic amines) is 2. The van der Waals surface area contributed by atoms with Crippen LogP contribution in [-0.4, -0.2) is 47.8 Å². The monoisotopic (exact) mass is 677 g/mol. The number of piperidine rings is 1. The Balaban J connectivity index is 0.00000387. The number of benzene rings is 3. The molecule has 2 heterocycles. The second-order valence-electron chi connectivity index (χ2n) is 11.0. The second-order valence-corrected chi connectivity index (χ2v) is 12.7. The van der Waals surface area contributed by atoms with E-state index < -0.39 is 0 Å². The van der Waals surface area contributed by atoms with E-state index >= 15 is 0 Å². The van der Waals surface area contributed by atoms with Crippen LogP contribution in [0.1, 0.15) is 48.4 Å². The van der Waals surface area contributed by atoms with Crippen molar-refractivity contribution in [3.63, 3.8) is 0 Å². The Kier molecular flexibility index (Phi) is 11.2. The van der Waals surface area contributed by atoms with Crippen molar-refractivity contribution in [2.75, 3.05) is 26.2 Å². The van der Waals surface area contributed by atoms with Gasteiger partial charge >= 0.3 is 0 Å². The third-order valence-electron chi connectivity index (χ3n) is 8.32. The molecular weight excluding hydrogens is 645 g/mol. The average molecular weight is 680 g/mol. The van der Waals surface area contributed by atoms with Gasteiger partial charge in [-0.25, -0.2) is 0 Å². The first-order chi connectivity index (χ1) is 19.3. The largest absolute Gasteiger partial charge is 0.349 e. The molecule has 3 aromatic carbocycles. The van der Waals surface area contributed by atoms with Crippen molar-refractivity contribution in [2.45, 2.75) is 44.7 Å². The molecule has 1 unspecified atom stereocenters. The molecule has 0 bridgehead atoms. The van der Waals surface area contributed by atoms with Crippen molar-refractivity contribution >= 4 is 63.4 Å². The van der Waals surface area contributed by atoms with Crippen LogP contribution < -0.4 is 5.32 Å². The number of rotatable bonds is 9. The summed E-state index contributed by atoms with van der Waals surface area (Å²) in [5.41, 5.74) is 2.86. The minimum Gasteiger partial charge on any atom is -0.349 e. The van der Waals surface area contributed by atoms with E-state index in [-0.39, 0.29) is 36.2 Å². The van der Waals surface area contributed by atoms with Crippen LogP contribution in [-0.2, 0) is 22.6 Å². The molecule has 0 aromatic heterocycles. The van der Waals surface area contributed by atoms with Gasteiger partial charge in [-0.1, -0.05) is 87.7 Å². The second kappa shape index (κ2) is 14.4. The molecule has 5 nitrogen and oxygen atoms in total. The molecule has 5 rings (SSSR count). The van der Waals surface area contributed by atoms with Gasteiger partial charge in [0.05, 0.1) is 27.9 Å². The highest BCUT2D eigenvalue weighted by Gasteiger charge is 2.47. The molecule has 0 aliphatic carbocycles. The van der Waals surface area contributed by atoms with Crippen LogP contribution in [0.2, 0.25) is 10.0 Å². The van der Waals surface area contributed by atoms with E-state index in [0.717, 1.165) is 67.5 Å². The highest BCUT2D eigenvalue weighted by Crippen LogP contribution is 2.42. The lowest BCUT2D eigenvalue weighted by Crippen LogP contribution is -2.45. The van der Waals surface area contributed by atoms with E-state index in [1.165, 1.54) is 5.56 Å². The van der Waals surface area contributed by atoms with Crippen molar-refractivity contribution < 1.29 is 9.59 Å². The Labute approximate surface area is 267 Å². The molecule has 9 heteroatoms. The molecular formula is C32H35BrCl3N3O2. The van der Waals surface area contributed by atoms with Crippen LogP contribution in [0, 0.1) is 5.41 Å². The molecule has 2 fully saturated rings. The standard InChI is InChI=1S/C32H34BrCl2N3O2.ClH/c33-26-9-6-23(7-10-26)22-38-19-15-32(31(38)40)13-17-37(18-14-32)16-12-29(25-4-2-1-3-5-25)36-30(39)21-24-8-11-27(34)28(35)20-24;/h1-11,20,29H,12-19,21-22H2,(H,36,39);1H. The molecule has 3 aromatic rings. The van der Waals surface area contributed by atoms with Gasteiger partial charge in [-0.2, -0.15) is 0 Å². The quantitative estimate of drug-likeness (QED) is 0.255. The van der Waals surface area contributed by atoms with Crippen LogP contribution in [0.4, 0.5) is 0 Å². The number of hydrogen-bond donors (Lipinski definition) is 1. The molecule has 2 amide bonds. The fourth-order valence-electron chi connectivity index (χ4n) is 5.92. The van der Waals surface area contributed by atoms with Crippen molar-refractivity contribution in [1.82, 2.24) is 15.1 Å². The van der Waals surface area contributed by atoms with Crippen molar-refractivity contribution in [2.24, 2.45) is 5.41 Å². The summed E-state index contributed by atoms with van der Waals surface area (Å²) in [6.45, 7) is 4.17. The first-order valence-electron chi connectivity index (χ1n) is 13.9.